The molecule has 2 heterocycles. The zero-order chi connectivity index (χ0) is 16.2. The molecule has 0 fully saturated rings. The van der Waals surface area contributed by atoms with Crippen LogP contribution < -0.4 is 10.6 Å². The molecular formula is C16H24N4O2. The van der Waals surface area contributed by atoms with Crippen LogP contribution in [0.2, 0.25) is 0 Å². The van der Waals surface area contributed by atoms with Gasteiger partial charge in [-0.2, -0.15) is 5.10 Å². The van der Waals surface area contributed by atoms with Gasteiger partial charge < -0.3 is 15.4 Å². The lowest BCUT2D eigenvalue weighted by Gasteiger charge is -2.22. The summed E-state index contributed by atoms with van der Waals surface area (Å²) >= 11 is 0. The molecule has 2 aromatic rings. The van der Waals surface area contributed by atoms with Crippen molar-refractivity contribution in [1.29, 1.82) is 0 Å². The van der Waals surface area contributed by atoms with E-state index in [-0.39, 0.29) is 6.04 Å². The largest absolute Gasteiger partial charge is 0.444 e. The molecule has 6 heteroatoms. The van der Waals surface area contributed by atoms with Crippen molar-refractivity contribution in [3.8, 4) is 0 Å². The van der Waals surface area contributed by atoms with E-state index in [1.807, 2.05) is 62.8 Å². The number of nitrogens with zero attached hydrogens (tertiary/aromatic N) is 2. The van der Waals surface area contributed by atoms with Gasteiger partial charge in [0.1, 0.15) is 5.60 Å². The summed E-state index contributed by atoms with van der Waals surface area (Å²) in [4.78, 5) is 11.7. The van der Waals surface area contributed by atoms with Crippen molar-refractivity contribution in [2.75, 3.05) is 6.54 Å². The number of carbonyl (C=O) groups excluding carboxylic acids is 1. The zero-order valence-corrected chi connectivity index (χ0v) is 13.6. The second-order valence-electron chi connectivity index (χ2n) is 6.38. The first-order chi connectivity index (χ1) is 10.3. The minimum Gasteiger partial charge on any atom is -0.444 e. The number of amides is 1. The summed E-state index contributed by atoms with van der Waals surface area (Å²) in [5.74, 6) is 0. The van der Waals surface area contributed by atoms with Crippen LogP contribution in [0.3, 0.4) is 0 Å². The third-order valence-corrected chi connectivity index (χ3v) is 3.04. The Kier molecular flexibility index (Phi) is 5.03. The highest BCUT2D eigenvalue weighted by Gasteiger charge is 2.17. The van der Waals surface area contributed by atoms with Crippen LogP contribution in [0.1, 0.15) is 33.3 Å². The van der Waals surface area contributed by atoms with Gasteiger partial charge in [0.15, 0.2) is 0 Å². The maximum Gasteiger partial charge on any atom is 0.407 e. The first-order valence-corrected chi connectivity index (χ1v) is 7.46. The number of rotatable bonds is 5. The summed E-state index contributed by atoms with van der Waals surface area (Å²) in [6, 6.07) is 5.96. The van der Waals surface area contributed by atoms with Gasteiger partial charge in [0.25, 0.3) is 0 Å². The van der Waals surface area contributed by atoms with Crippen molar-refractivity contribution >= 4 is 11.6 Å². The monoisotopic (exact) mass is 304 g/mol. The Hall–Kier alpha value is -2.08. The number of carbonyl (C=O) groups is 1. The summed E-state index contributed by atoms with van der Waals surface area (Å²) < 4.78 is 7.07. The topological polar surface area (TPSA) is 67.7 Å². The number of alkyl carbamates (subject to hydrolysis) is 1. The molecule has 0 aliphatic rings. The number of hydrogen-bond acceptors (Lipinski definition) is 4. The minimum atomic E-state index is -0.478. The quantitative estimate of drug-likeness (QED) is 0.889. The average molecular weight is 304 g/mol. The highest BCUT2D eigenvalue weighted by atomic mass is 16.6. The summed E-state index contributed by atoms with van der Waals surface area (Å²) in [7, 11) is 0. The molecule has 1 atom stereocenters. The molecule has 0 spiro atoms. The van der Waals surface area contributed by atoms with E-state index in [9.17, 15) is 4.79 Å². The van der Waals surface area contributed by atoms with Crippen LogP contribution in [0.4, 0.5) is 4.79 Å². The van der Waals surface area contributed by atoms with Crippen molar-refractivity contribution in [1.82, 2.24) is 20.2 Å². The molecule has 0 radical (unpaired) electrons. The van der Waals surface area contributed by atoms with Crippen LogP contribution in [-0.2, 0) is 11.3 Å². The molecule has 0 aliphatic heterocycles. The van der Waals surface area contributed by atoms with Crippen molar-refractivity contribution in [3.63, 3.8) is 0 Å². The maximum atomic E-state index is 11.7. The predicted octanol–water partition coefficient (Wildman–Crippen LogP) is 2.34. The smallest absolute Gasteiger partial charge is 0.407 e. The van der Waals surface area contributed by atoms with Crippen molar-refractivity contribution in [2.24, 2.45) is 0 Å². The van der Waals surface area contributed by atoms with E-state index in [0.29, 0.717) is 13.1 Å². The molecule has 2 rings (SSSR count). The van der Waals surface area contributed by atoms with Gasteiger partial charge in [-0.1, -0.05) is 6.07 Å². The van der Waals surface area contributed by atoms with Crippen LogP contribution in [0, 0.1) is 0 Å². The molecule has 0 aromatic carbocycles. The third-order valence-electron chi connectivity index (χ3n) is 3.04. The van der Waals surface area contributed by atoms with Crippen molar-refractivity contribution in [2.45, 2.75) is 45.9 Å². The van der Waals surface area contributed by atoms with Gasteiger partial charge in [-0.15, -0.1) is 0 Å². The van der Waals surface area contributed by atoms with Gasteiger partial charge in [-0.3, -0.25) is 0 Å². The predicted molar refractivity (Wildman–Crippen MR) is 85.7 cm³/mol. The maximum absolute atomic E-state index is 11.7. The number of fused-ring (bicyclic) bond motifs is 1. The average Bonchev–Trinajstić information content (AvgIpc) is 2.80. The molecule has 0 bridgehead atoms. The van der Waals surface area contributed by atoms with E-state index in [1.165, 1.54) is 0 Å². The molecule has 0 saturated carbocycles. The fraction of sp³-hybridized carbons (Fsp3) is 0.500. The first-order valence-electron chi connectivity index (χ1n) is 7.46. The lowest BCUT2D eigenvalue weighted by atomic mass is 10.2. The normalized spacial score (nSPS) is 13.1. The summed E-state index contributed by atoms with van der Waals surface area (Å²) in [6.45, 7) is 8.84. The van der Waals surface area contributed by atoms with E-state index >= 15 is 0 Å². The first kappa shape index (κ1) is 16.3. The summed E-state index contributed by atoms with van der Waals surface area (Å²) in [5.41, 5.74) is 1.74. The van der Waals surface area contributed by atoms with Crippen molar-refractivity contribution < 1.29 is 9.53 Å². The molecule has 0 saturated heterocycles. The Morgan fingerprint density at radius 2 is 2.18 bits per heavy atom. The Morgan fingerprint density at radius 3 is 2.91 bits per heavy atom. The second-order valence-corrected chi connectivity index (χ2v) is 6.38. The lowest BCUT2D eigenvalue weighted by molar-refractivity contribution is 0.0508. The lowest BCUT2D eigenvalue weighted by Crippen LogP contribution is -2.42. The van der Waals surface area contributed by atoms with E-state index in [1.54, 1.807) is 0 Å². The summed E-state index contributed by atoms with van der Waals surface area (Å²) in [5, 5.41) is 10.4. The minimum absolute atomic E-state index is 0.0170. The molecule has 1 amide bonds. The standard InChI is InChI=1S/C16H24N4O2/c1-12(19-15(21)22-16(2,3)4)9-17-10-13-11-18-20-8-6-5-7-14(13)20/h5-8,11-12,17H,9-10H2,1-4H3,(H,19,21). The molecule has 0 aliphatic carbocycles. The van der Waals surface area contributed by atoms with Gasteiger partial charge in [-0.25, -0.2) is 9.31 Å². The molecular weight excluding hydrogens is 280 g/mol. The number of aromatic nitrogens is 2. The Balaban J connectivity index is 1.77. The van der Waals surface area contributed by atoms with Gasteiger partial charge in [0.2, 0.25) is 0 Å². The van der Waals surface area contributed by atoms with Gasteiger partial charge in [-0.05, 0) is 39.8 Å². The third kappa shape index (κ3) is 4.73. The number of hydrogen-bond donors (Lipinski definition) is 2. The Morgan fingerprint density at radius 1 is 1.41 bits per heavy atom. The fourth-order valence-corrected chi connectivity index (χ4v) is 2.11. The van der Waals surface area contributed by atoms with Gasteiger partial charge in [0, 0.05) is 30.9 Å². The molecule has 6 nitrogen and oxygen atoms in total. The Bertz CT molecular complexity index is 630. The van der Waals surface area contributed by atoms with Gasteiger partial charge >= 0.3 is 6.09 Å². The molecule has 22 heavy (non-hydrogen) atoms. The SMILES string of the molecule is CC(CNCc1cnn2ccccc12)NC(=O)OC(C)(C)C. The highest BCUT2D eigenvalue weighted by molar-refractivity contribution is 5.68. The number of ether oxygens (including phenoxy) is 1. The van der Waals surface area contributed by atoms with E-state index in [2.05, 4.69) is 15.7 Å². The zero-order valence-electron chi connectivity index (χ0n) is 13.6. The van der Waals surface area contributed by atoms with E-state index in [0.717, 1.165) is 11.1 Å². The van der Waals surface area contributed by atoms with Crippen LogP contribution in [0.15, 0.2) is 30.6 Å². The summed E-state index contributed by atoms with van der Waals surface area (Å²) in [6.07, 6.45) is 3.39. The highest BCUT2D eigenvalue weighted by Crippen LogP contribution is 2.09. The van der Waals surface area contributed by atoms with Crippen LogP contribution in [0.25, 0.3) is 5.52 Å². The molecule has 1 unspecified atom stereocenters. The second kappa shape index (κ2) is 6.79. The fourth-order valence-electron chi connectivity index (χ4n) is 2.11. The Labute approximate surface area is 130 Å². The van der Waals surface area contributed by atoms with Crippen LogP contribution in [-0.4, -0.2) is 33.9 Å². The van der Waals surface area contributed by atoms with E-state index < -0.39 is 11.7 Å². The number of pyridine rings is 1. The van der Waals surface area contributed by atoms with Gasteiger partial charge in [0.05, 0.1) is 11.7 Å². The number of nitrogens with one attached hydrogen (secondary N) is 2. The van der Waals surface area contributed by atoms with E-state index in [4.69, 9.17) is 4.74 Å². The van der Waals surface area contributed by atoms with Crippen LogP contribution >= 0.6 is 0 Å². The van der Waals surface area contributed by atoms with Crippen LogP contribution in [0.5, 0.6) is 0 Å². The molecule has 2 N–H and O–H groups in total. The van der Waals surface area contributed by atoms with Crippen molar-refractivity contribution in [3.05, 3.63) is 36.2 Å². The molecule has 2 aromatic heterocycles. The molecule has 120 valence electrons.